The number of para-hydroxylation sites is 1. The molecule has 152 valence electrons. The van der Waals surface area contributed by atoms with Crippen LogP contribution in [0.1, 0.15) is 49.9 Å². The number of carbonyl (C=O) groups excluding carboxylic acids is 3. The predicted molar refractivity (Wildman–Crippen MR) is 104 cm³/mol. The summed E-state index contributed by atoms with van der Waals surface area (Å²) in [6, 6.07) is 7.03. The number of carbonyl (C=O) groups is 3. The van der Waals surface area contributed by atoms with Crippen LogP contribution < -0.4 is 4.74 Å². The fraction of sp³-hybridized carbons (Fsp3) is 0.591. The van der Waals surface area contributed by atoms with Gasteiger partial charge in [-0.15, -0.1) is 0 Å². The van der Waals surface area contributed by atoms with Crippen LogP contribution in [0.2, 0.25) is 0 Å². The second-order valence-electron chi connectivity index (χ2n) is 8.01. The molecule has 0 bridgehead atoms. The fourth-order valence-corrected chi connectivity index (χ4v) is 4.41. The number of ether oxygens (including phenoxy) is 2. The Kier molecular flexibility index (Phi) is 6.37. The molecule has 3 rings (SSSR count). The number of likely N-dealkylation sites (tertiary alicyclic amines) is 1. The Morgan fingerprint density at radius 2 is 1.93 bits per heavy atom. The van der Waals surface area contributed by atoms with Gasteiger partial charge in [-0.25, -0.2) is 0 Å². The number of rotatable bonds is 6. The number of ketones is 1. The number of nitrogens with zero attached hydrogens (tertiary/aromatic N) is 1. The number of esters is 1. The van der Waals surface area contributed by atoms with Crippen molar-refractivity contribution >= 4 is 17.7 Å². The Balaban J connectivity index is 1.57. The number of methoxy groups -OCH3 is 1. The minimum atomic E-state index is -0.498. The molecule has 1 aliphatic heterocycles. The summed E-state index contributed by atoms with van der Waals surface area (Å²) in [5.74, 6) is 0.186. The van der Waals surface area contributed by atoms with E-state index in [1.807, 2.05) is 4.90 Å². The number of benzene rings is 1. The van der Waals surface area contributed by atoms with Gasteiger partial charge in [-0.05, 0) is 30.4 Å². The molecule has 1 saturated heterocycles. The van der Waals surface area contributed by atoms with Crippen molar-refractivity contribution in [2.45, 2.75) is 45.6 Å². The number of amides is 1. The summed E-state index contributed by atoms with van der Waals surface area (Å²) in [6.45, 7) is 4.47. The zero-order chi connectivity index (χ0) is 20.3. The number of hydrogen-bond acceptors (Lipinski definition) is 5. The van der Waals surface area contributed by atoms with Crippen LogP contribution in [0.5, 0.6) is 5.75 Å². The molecular weight excluding hydrogens is 358 g/mol. The zero-order valence-electron chi connectivity index (χ0n) is 16.8. The topological polar surface area (TPSA) is 72.9 Å². The summed E-state index contributed by atoms with van der Waals surface area (Å²) in [6.07, 6.45) is 3.46. The summed E-state index contributed by atoms with van der Waals surface area (Å²) in [7, 11) is 1.49. The van der Waals surface area contributed by atoms with Gasteiger partial charge in [0.05, 0.1) is 18.6 Å². The molecule has 0 N–H and O–H groups in total. The van der Waals surface area contributed by atoms with Crippen LogP contribution in [-0.4, -0.2) is 48.9 Å². The van der Waals surface area contributed by atoms with Crippen molar-refractivity contribution in [3.8, 4) is 5.75 Å². The molecular formula is C22H29NO5. The lowest BCUT2D eigenvalue weighted by Crippen LogP contribution is -2.45. The van der Waals surface area contributed by atoms with Crippen LogP contribution in [0.4, 0.5) is 0 Å². The largest absolute Gasteiger partial charge is 0.496 e. The number of hydrogen-bond donors (Lipinski definition) is 0. The average Bonchev–Trinajstić information content (AvgIpc) is 3.09. The standard InChI is InChI=1S/C22H29NO5/c1-14-7-6-9-18(15(14)2)23-12-16(11-21(23)25)22(26)28-13-19(24)17-8-4-5-10-20(17)27-3/h4-5,8,10,14-16,18H,6-7,9,11-13H2,1-3H3/t14-,15+,16+,18+/m0/s1. The summed E-state index contributed by atoms with van der Waals surface area (Å²) in [5, 5.41) is 0. The maximum Gasteiger partial charge on any atom is 0.311 e. The van der Waals surface area contributed by atoms with Crippen LogP contribution in [-0.2, 0) is 14.3 Å². The molecule has 0 aromatic heterocycles. The Labute approximate surface area is 166 Å². The third-order valence-electron chi connectivity index (χ3n) is 6.31. The zero-order valence-corrected chi connectivity index (χ0v) is 16.8. The molecule has 0 unspecified atom stereocenters. The lowest BCUT2D eigenvalue weighted by atomic mass is 9.77. The molecule has 2 aliphatic rings. The highest BCUT2D eigenvalue weighted by Crippen LogP contribution is 2.36. The van der Waals surface area contributed by atoms with E-state index >= 15 is 0 Å². The molecule has 1 aliphatic carbocycles. The van der Waals surface area contributed by atoms with E-state index in [9.17, 15) is 14.4 Å². The first-order valence-electron chi connectivity index (χ1n) is 10.0. The molecule has 0 radical (unpaired) electrons. The monoisotopic (exact) mass is 387 g/mol. The summed E-state index contributed by atoms with van der Waals surface area (Å²) < 4.78 is 10.4. The van der Waals surface area contributed by atoms with E-state index in [2.05, 4.69) is 13.8 Å². The first-order chi connectivity index (χ1) is 13.4. The molecule has 1 amide bonds. The average molecular weight is 387 g/mol. The van der Waals surface area contributed by atoms with E-state index < -0.39 is 11.9 Å². The number of Topliss-reactive ketones (excluding diaryl/α,β-unsaturated/α-hetero) is 1. The SMILES string of the molecule is COc1ccccc1C(=O)COC(=O)[C@@H]1CC(=O)N([C@@H]2CCC[C@H](C)[C@H]2C)C1. The van der Waals surface area contributed by atoms with Crippen molar-refractivity contribution in [1.82, 2.24) is 4.90 Å². The molecule has 4 atom stereocenters. The van der Waals surface area contributed by atoms with Gasteiger partial charge >= 0.3 is 5.97 Å². The molecule has 1 aromatic carbocycles. The summed E-state index contributed by atoms with van der Waals surface area (Å²) in [5.41, 5.74) is 0.381. The van der Waals surface area contributed by atoms with E-state index in [0.29, 0.717) is 29.7 Å². The van der Waals surface area contributed by atoms with E-state index in [1.54, 1.807) is 24.3 Å². The molecule has 6 nitrogen and oxygen atoms in total. The van der Waals surface area contributed by atoms with Crippen LogP contribution >= 0.6 is 0 Å². The minimum absolute atomic E-state index is 0.0176. The highest BCUT2D eigenvalue weighted by atomic mass is 16.5. The third kappa shape index (κ3) is 4.21. The van der Waals surface area contributed by atoms with Crippen molar-refractivity contribution in [3.63, 3.8) is 0 Å². The van der Waals surface area contributed by atoms with Crippen LogP contribution in [0, 0.1) is 17.8 Å². The molecule has 1 heterocycles. The van der Waals surface area contributed by atoms with Gasteiger partial charge in [0.2, 0.25) is 11.7 Å². The quantitative estimate of drug-likeness (QED) is 0.554. The van der Waals surface area contributed by atoms with Gasteiger partial charge in [-0.3, -0.25) is 14.4 Å². The van der Waals surface area contributed by atoms with Crippen molar-refractivity contribution in [2.75, 3.05) is 20.3 Å². The first-order valence-corrected chi connectivity index (χ1v) is 10.0. The van der Waals surface area contributed by atoms with Gasteiger partial charge in [0, 0.05) is 19.0 Å². The fourth-order valence-electron chi connectivity index (χ4n) is 4.41. The lowest BCUT2D eigenvalue weighted by molar-refractivity contribution is -0.147. The van der Waals surface area contributed by atoms with Crippen molar-refractivity contribution < 1.29 is 23.9 Å². The van der Waals surface area contributed by atoms with E-state index in [-0.39, 0.29) is 30.8 Å². The van der Waals surface area contributed by atoms with Gasteiger partial charge in [-0.2, -0.15) is 0 Å². The maximum atomic E-state index is 12.5. The maximum absolute atomic E-state index is 12.5. The van der Waals surface area contributed by atoms with Crippen molar-refractivity contribution in [3.05, 3.63) is 29.8 Å². The van der Waals surface area contributed by atoms with Crippen LogP contribution in [0.15, 0.2) is 24.3 Å². The highest BCUT2D eigenvalue weighted by molar-refractivity contribution is 6.00. The predicted octanol–water partition coefficient (Wildman–Crippen LogP) is 3.09. The van der Waals surface area contributed by atoms with Crippen molar-refractivity contribution in [1.29, 1.82) is 0 Å². The second kappa shape index (κ2) is 8.76. The molecule has 1 aromatic rings. The van der Waals surface area contributed by atoms with Crippen LogP contribution in [0.3, 0.4) is 0 Å². The van der Waals surface area contributed by atoms with Gasteiger partial charge in [0.1, 0.15) is 5.75 Å². The van der Waals surface area contributed by atoms with Gasteiger partial charge < -0.3 is 14.4 Å². The first kappa shape index (κ1) is 20.4. The van der Waals surface area contributed by atoms with Crippen LogP contribution in [0.25, 0.3) is 0 Å². The summed E-state index contributed by atoms with van der Waals surface area (Å²) in [4.78, 5) is 39.2. The van der Waals surface area contributed by atoms with Gasteiger partial charge in [0.25, 0.3) is 0 Å². The third-order valence-corrected chi connectivity index (χ3v) is 6.31. The van der Waals surface area contributed by atoms with Gasteiger partial charge in [-0.1, -0.05) is 38.8 Å². The molecule has 6 heteroatoms. The Morgan fingerprint density at radius 1 is 1.18 bits per heavy atom. The molecule has 2 fully saturated rings. The summed E-state index contributed by atoms with van der Waals surface area (Å²) >= 11 is 0. The van der Waals surface area contributed by atoms with Crippen molar-refractivity contribution in [2.24, 2.45) is 17.8 Å². The minimum Gasteiger partial charge on any atom is -0.496 e. The molecule has 28 heavy (non-hydrogen) atoms. The Hall–Kier alpha value is -2.37. The van der Waals surface area contributed by atoms with E-state index in [4.69, 9.17) is 9.47 Å². The van der Waals surface area contributed by atoms with E-state index in [1.165, 1.54) is 13.5 Å². The Bertz CT molecular complexity index is 746. The van der Waals surface area contributed by atoms with Gasteiger partial charge in [0.15, 0.2) is 6.61 Å². The Morgan fingerprint density at radius 3 is 2.68 bits per heavy atom. The molecule has 1 saturated carbocycles. The van der Waals surface area contributed by atoms with E-state index in [0.717, 1.165) is 12.8 Å². The smallest absolute Gasteiger partial charge is 0.311 e. The second-order valence-corrected chi connectivity index (χ2v) is 8.01. The molecule has 0 spiro atoms. The lowest BCUT2D eigenvalue weighted by Gasteiger charge is -2.39. The highest BCUT2D eigenvalue weighted by Gasteiger charge is 2.42. The normalized spacial score (nSPS) is 27.5.